The zero-order valence-corrected chi connectivity index (χ0v) is 11.3. The molecule has 0 amide bonds. The van der Waals surface area contributed by atoms with Gasteiger partial charge in [-0.2, -0.15) is 0 Å². The lowest BCUT2D eigenvalue weighted by Gasteiger charge is -2.36. The molecule has 0 spiro atoms. The summed E-state index contributed by atoms with van der Waals surface area (Å²) in [5.41, 5.74) is 1.38. The number of halogens is 1. The minimum atomic E-state index is 0.576. The summed E-state index contributed by atoms with van der Waals surface area (Å²) in [5, 5.41) is 3.45. The Labute approximate surface area is 104 Å². The van der Waals surface area contributed by atoms with Crippen molar-refractivity contribution in [1.82, 2.24) is 9.88 Å². The third-order valence-corrected chi connectivity index (χ3v) is 3.70. The van der Waals surface area contributed by atoms with Crippen molar-refractivity contribution in [2.75, 3.05) is 25.5 Å². The Morgan fingerprint density at radius 2 is 2.33 bits per heavy atom. The predicted molar refractivity (Wildman–Crippen MR) is 71.2 cm³/mol. The smallest absolute Gasteiger partial charge is 0.126 e. The molecular formula is C11H16IN3. The lowest BCUT2D eigenvalue weighted by Crippen LogP contribution is -2.52. The molecule has 0 bridgehead atoms. The molecule has 1 aliphatic rings. The Morgan fingerprint density at radius 1 is 1.60 bits per heavy atom. The molecule has 0 saturated carbocycles. The number of nitrogens with one attached hydrogen (secondary N) is 1. The zero-order chi connectivity index (χ0) is 10.8. The van der Waals surface area contributed by atoms with Gasteiger partial charge in [-0.1, -0.05) is 6.92 Å². The molecule has 0 atom stereocenters. The van der Waals surface area contributed by atoms with Crippen LogP contribution in [0.3, 0.4) is 0 Å². The van der Waals surface area contributed by atoms with Crippen LogP contribution < -0.4 is 5.32 Å². The number of hydrogen-bond acceptors (Lipinski definition) is 3. The molecule has 0 aromatic carbocycles. The van der Waals surface area contributed by atoms with Gasteiger partial charge in [-0.15, -0.1) is 0 Å². The highest BCUT2D eigenvalue weighted by atomic mass is 127. The van der Waals surface area contributed by atoms with Crippen LogP contribution in [0.1, 0.15) is 12.5 Å². The van der Waals surface area contributed by atoms with Gasteiger partial charge in [0.2, 0.25) is 0 Å². The standard InChI is InChI=1S/C11H16IN3/c1-3-8-4-11(13-5-10(8)12)14-9-6-15(2)7-9/h4-5,9H,3,6-7H2,1-2H3,(H,13,14). The summed E-state index contributed by atoms with van der Waals surface area (Å²) in [7, 11) is 2.14. The van der Waals surface area contributed by atoms with Gasteiger partial charge in [0.05, 0.1) is 6.04 Å². The highest BCUT2D eigenvalue weighted by Gasteiger charge is 2.22. The Hall–Kier alpha value is -0.360. The first kappa shape index (κ1) is 11.1. The van der Waals surface area contributed by atoms with Gasteiger partial charge in [0, 0.05) is 22.9 Å². The summed E-state index contributed by atoms with van der Waals surface area (Å²) in [6, 6.07) is 2.74. The fourth-order valence-corrected chi connectivity index (χ4v) is 2.51. The highest BCUT2D eigenvalue weighted by Crippen LogP contribution is 2.17. The third-order valence-electron chi connectivity index (χ3n) is 2.73. The predicted octanol–water partition coefficient (Wildman–Crippen LogP) is 1.97. The van der Waals surface area contributed by atoms with Crippen molar-refractivity contribution < 1.29 is 0 Å². The quantitative estimate of drug-likeness (QED) is 0.864. The minimum Gasteiger partial charge on any atom is -0.365 e. The molecule has 1 aliphatic heterocycles. The van der Waals surface area contributed by atoms with Crippen molar-refractivity contribution in [3.8, 4) is 0 Å². The van der Waals surface area contributed by atoms with Gasteiger partial charge < -0.3 is 10.2 Å². The van der Waals surface area contributed by atoms with Gasteiger partial charge in [0.1, 0.15) is 5.82 Å². The van der Waals surface area contributed by atoms with E-state index in [1.807, 2.05) is 6.20 Å². The average molecular weight is 317 g/mol. The van der Waals surface area contributed by atoms with Gasteiger partial charge in [0.15, 0.2) is 0 Å². The molecule has 15 heavy (non-hydrogen) atoms. The Balaban J connectivity index is 2.02. The first-order valence-corrected chi connectivity index (χ1v) is 6.36. The van der Waals surface area contributed by atoms with Crippen LogP contribution in [0, 0.1) is 3.57 Å². The van der Waals surface area contributed by atoms with E-state index in [1.54, 1.807) is 0 Å². The summed E-state index contributed by atoms with van der Waals surface area (Å²) >= 11 is 2.34. The lowest BCUT2D eigenvalue weighted by atomic mass is 10.1. The first-order chi connectivity index (χ1) is 7.19. The van der Waals surface area contributed by atoms with E-state index in [0.29, 0.717) is 6.04 Å². The van der Waals surface area contributed by atoms with Crippen LogP contribution in [0.5, 0.6) is 0 Å². The van der Waals surface area contributed by atoms with Gasteiger partial charge >= 0.3 is 0 Å². The topological polar surface area (TPSA) is 28.2 Å². The van der Waals surface area contributed by atoms with Crippen molar-refractivity contribution in [3.05, 3.63) is 21.4 Å². The van der Waals surface area contributed by atoms with Crippen LogP contribution in [-0.4, -0.2) is 36.1 Å². The Bertz CT molecular complexity index is 348. The van der Waals surface area contributed by atoms with Crippen molar-refractivity contribution in [1.29, 1.82) is 0 Å². The molecule has 0 unspecified atom stereocenters. The number of nitrogens with zero attached hydrogens (tertiary/aromatic N) is 2. The molecule has 0 aliphatic carbocycles. The van der Waals surface area contributed by atoms with E-state index in [1.165, 1.54) is 9.13 Å². The largest absolute Gasteiger partial charge is 0.365 e. The maximum atomic E-state index is 4.40. The fourth-order valence-electron chi connectivity index (χ4n) is 1.83. The summed E-state index contributed by atoms with van der Waals surface area (Å²) < 4.78 is 1.26. The molecule has 1 saturated heterocycles. The number of hydrogen-bond donors (Lipinski definition) is 1. The number of anilines is 1. The summed E-state index contributed by atoms with van der Waals surface area (Å²) in [5.74, 6) is 1.02. The lowest BCUT2D eigenvalue weighted by molar-refractivity contribution is 0.205. The van der Waals surface area contributed by atoms with E-state index in [4.69, 9.17) is 0 Å². The summed E-state index contributed by atoms with van der Waals surface area (Å²) in [6.45, 7) is 4.42. The molecule has 2 rings (SSSR count). The number of likely N-dealkylation sites (N-methyl/N-ethyl adjacent to an activating group) is 1. The number of aryl methyl sites for hydroxylation is 1. The second kappa shape index (κ2) is 4.65. The molecule has 0 radical (unpaired) electrons. The van der Waals surface area contributed by atoms with Crippen molar-refractivity contribution in [2.45, 2.75) is 19.4 Å². The minimum absolute atomic E-state index is 0.576. The molecule has 1 fully saturated rings. The van der Waals surface area contributed by atoms with Crippen LogP contribution >= 0.6 is 22.6 Å². The van der Waals surface area contributed by atoms with E-state index in [0.717, 1.165) is 25.3 Å². The zero-order valence-electron chi connectivity index (χ0n) is 9.13. The normalized spacial score (nSPS) is 17.5. The second-order valence-corrected chi connectivity index (χ2v) is 5.24. The van der Waals surface area contributed by atoms with Gasteiger partial charge in [-0.05, 0) is 47.7 Å². The van der Waals surface area contributed by atoms with Crippen LogP contribution in [0.15, 0.2) is 12.3 Å². The fraction of sp³-hybridized carbons (Fsp3) is 0.545. The highest BCUT2D eigenvalue weighted by molar-refractivity contribution is 14.1. The van der Waals surface area contributed by atoms with Crippen LogP contribution in [-0.2, 0) is 6.42 Å². The molecule has 3 nitrogen and oxygen atoms in total. The molecule has 1 aromatic heterocycles. The van der Waals surface area contributed by atoms with E-state index in [-0.39, 0.29) is 0 Å². The summed E-state index contributed by atoms with van der Waals surface area (Å²) in [4.78, 5) is 6.69. The van der Waals surface area contributed by atoms with Crippen molar-refractivity contribution in [2.24, 2.45) is 0 Å². The number of rotatable bonds is 3. The SMILES string of the molecule is CCc1cc(NC2CN(C)C2)ncc1I. The van der Waals surface area contributed by atoms with Crippen LogP contribution in [0.4, 0.5) is 5.82 Å². The number of pyridine rings is 1. The molecule has 4 heteroatoms. The average Bonchev–Trinajstić information content (AvgIpc) is 2.18. The van der Waals surface area contributed by atoms with E-state index in [2.05, 4.69) is 57.8 Å². The molecule has 1 aromatic rings. The van der Waals surface area contributed by atoms with Crippen LogP contribution in [0.25, 0.3) is 0 Å². The number of aromatic nitrogens is 1. The first-order valence-electron chi connectivity index (χ1n) is 5.28. The molecular weight excluding hydrogens is 301 g/mol. The maximum Gasteiger partial charge on any atom is 0.126 e. The molecule has 82 valence electrons. The Morgan fingerprint density at radius 3 is 2.93 bits per heavy atom. The monoisotopic (exact) mass is 317 g/mol. The van der Waals surface area contributed by atoms with Crippen LogP contribution in [0.2, 0.25) is 0 Å². The van der Waals surface area contributed by atoms with Gasteiger partial charge in [0.25, 0.3) is 0 Å². The molecule has 2 heterocycles. The second-order valence-electron chi connectivity index (χ2n) is 4.08. The third kappa shape index (κ3) is 2.60. The van der Waals surface area contributed by atoms with Gasteiger partial charge in [-0.25, -0.2) is 4.98 Å². The Kier molecular flexibility index (Phi) is 3.45. The van der Waals surface area contributed by atoms with E-state index >= 15 is 0 Å². The summed E-state index contributed by atoms with van der Waals surface area (Å²) in [6.07, 6.45) is 3.02. The van der Waals surface area contributed by atoms with Gasteiger partial charge in [-0.3, -0.25) is 0 Å². The van der Waals surface area contributed by atoms with Crippen molar-refractivity contribution in [3.63, 3.8) is 0 Å². The van der Waals surface area contributed by atoms with E-state index in [9.17, 15) is 0 Å². The van der Waals surface area contributed by atoms with E-state index < -0.39 is 0 Å². The van der Waals surface area contributed by atoms with Crippen molar-refractivity contribution >= 4 is 28.4 Å². The molecule has 1 N–H and O–H groups in total. The maximum absolute atomic E-state index is 4.40. The number of likely N-dealkylation sites (tertiary alicyclic amines) is 1.